The Kier molecular flexibility index (Phi) is 8.94. The summed E-state index contributed by atoms with van der Waals surface area (Å²) < 4.78 is 4.93. The van der Waals surface area contributed by atoms with Gasteiger partial charge in [0.15, 0.2) is 0 Å². The van der Waals surface area contributed by atoms with Crippen LogP contribution in [0.1, 0.15) is 43.5 Å². The van der Waals surface area contributed by atoms with Crippen LogP contribution in [0, 0.1) is 0 Å². The first-order valence-electron chi connectivity index (χ1n) is 9.27. The average molecular weight is 389 g/mol. The van der Waals surface area contributed by atoms with Crippen molar-refractivity contribution in [3.63, 3.8) is 0 Å². The van der Waals surface area contributed by atoms with E-state index < -0.39 is 0 Å². The molecule has 0 fully saturated rings. The average Bonchev–Trinajstić information content (AvgIpc) is 3.07. The van der Waals surface area contributed by atoms with E-state index in [-0.39, 0.29) is 12.4 Å². The molecule has 0 radical (unpaired) electrons. The van der Waals surface area contributed by atoms with Crippen molar-refractivity contribution in [2.45, 2.75) is 39.7 Å². The zero-order valence-corrected chi connectivity index (χ0v) is 17.1. The van der Waals surface area contributed by atoms with E-state index in [0.717, 1.165) is 18.7 Å². The van der Waals surface area contributed by atoms with Crippen LogP contribution in [-0.4, -0.2) is 42.3 Å². The molecule has 0 aliphatic carbocycles. The van der Waals surface area contributed by atoms with E-state index in [4.69, 9.17) is 4.74 Å². The fourth-order valence-electron chi connectivity index (χ4n) is 2.55. The Hall–Kier alpha value is -2.25. The van der Waals surface area contributed by atoms with Crippen molar-refractivity contribution in [1.82, 2.24) is 9.88 Å². The molecule has 1 aromatic heterocycles. The Balaban J connectivity index is 1.86. The summed E-state index contributed by atoms with van der Waals surface area (Å²) >= 11 is 1.41. The molecule has 1 N–H and O–H groups in total. The highest BCUT2D eigenvalue weighted by Crippen LogP contribution is 2.16. The van der Waals surface area contributed by atoms with E-state index >= 15 is 0 Å². The number of hydrogen-bond acceptors (Lipinski definition) is 7. The van der Waals surface area contributed by atoms with Gasteiger partial charge >= 0.3 is 5.97 Å². The van der Waals surface area contributed by atoms with Crippen LogP contribution in [0.25, 0.3) is 0 Å². The van der Waals surface area contributed by atoms with Gasteiger partial charge in [0.25, 0.3) is 0 Å². The van der Waals surface area contributed by atoms with E-state index in [2.05, 4.69) is 46.5 Å². The molecule has 0 aliphatic heterocycles. The van der Waals surface area contributed by atoms with Gasteiger partial charge < -0.3 is 9.64 Å². The number of ether oxygens (including phenoxy) is 1. The normalized spacial score (nSPS) is 11.3. The van der Waals surface area contributed by atoms with Crippen LogP contribution in [0.2, 0.25) is 0 Å². The van der Waals surface area contributed by atoms with Crippen LogP contribution in [0.3, 0.4) is 0 Å². The molecule has 0 atom stereocenters. The monoisotopic (exact) mass is 388 g/mol. The first kappa shape index (κ1) is 21.1. The minimum Gasteiger partial charge on any atom is -0.466 e. The maximum absolute atomic E-state index is 11.5. The van der Waals surface area contributed by atoms with Crippen LogP contribution in [0.4, 0.5) is 5.13 Å². The third kappa shape index (κ3) is 7.88. The minimum atomic E-state index is -0.265. The Labute approximate surface area is 165 Å². The molecule has 0 bridgehead atoms. The number of thiazole rings is 1. The molecule has 27 heavy (non-hydrogen) atoms. The maximum atomic E-state index is 11.5. The Morgan fingerprint density at radius 3 is 3.04 bits per heavy atom. The molecule has 6 nitrogen and oxygen atoms in total. The molecule has 0 saturated carbocycles. The van der Waals surface area contributed by atoms with Crippen LogP contribution in [-0.2, 0) is 22.5 Å². The highest BCUT2D eigenvalue weighted by atomic mass is 32.1. The number of anilines is 1. The number of benzene rings is 1. The van der Waals surface area contributed by atoms with Crippen LogP contribution < -0.4 is 5.43 Å². The number of nitrogens with one attached hydrogen (secondary N) is 1. The second-order valence-corrected chi connectivity index (χ2v) is 7.19. The highest BCUT2D eigenvalue weighted by Gasteiger charge is 2.07. The highest BCUT2D eigenvalue weighted by molar-refractivity contribution is 7.13. The van der Waals surface area contributed by atoms with Crippen molar-refractivity contribution < 1.29 is 9.53 Å². The number of esters is 1. The van der Waals surface area contributed by atoms with Gasteiger partial charge in [-0.05, 0) is 44.1 Å². The number of hydrazone groups is 1. The van der Waals surface area contributed by atoms with Crippen molar-refractivity contribution in [2.24, 2.45) is 5.10 Å². The summed E-state index contributed by atoms with van der Waals surface area (Å²) in [4.78, 5) is 18.1. The molecule has 0 unspecified atom stereocenters. The number of aromatic nitrogens is 1. The minimum absolute atomic E-state index is 0.184. The molecule has 146 valence electrons. The van der Waals surface area contributed by atoms with Crippen LogP contribution in [0.5, 0.6) is 0 Å². The van der Waals surface area contributed by atoms with E-state index in [1.165, 1.54) is 29.7 Å². The van der Waals surface area contributed by atoms with E-state index in [1.807, 2.05) is 17.5 Å². The number of rotatable bonds is 11. The first-order chi connectivity index (χ1) is 13.1. The topological polar surface area (TPSA) is 66.8 Å². The summed E-state index contributed by atoms with van der Waals surface area (Å²) in [6, 6.07) is 8.34. The van der Waals surface area contributed by atoms with Gasteiger partial charge in [-0.25, -0.2) is 4.98 Å². The van der Waals surface area contributed by atoms with Crippen molar-refractivity contribution in [3.05, 3.63) is 46.5 Å². The van der Waals surface area contributed by atoms with Crippen LogP contribution in [0.15, 0.2) is 34.7 Å². The summed E-state index contributed by atoms with van der Waals surface area (Å²) in [5.41, 5.74) is 5.91. The quantitative estimate of drug-likeness (QED) is 0.359. The maximum Gasteiger partial charge on any atom is 0.311 e. The smallest absolute Gasteiger partial charge is 0.311 e. The molecule has 0 saturated heterocycles. The Bertz CT molecular complexity index is 745. The fourth-order valence-corrected chi connectivity index (χ4v) is 3.21. The lowest BCUT2D eigenvalue weighted by atomic mass is 10.1. The molecule has 2 rings (SSSR count). The van der Waals surface area contributed by atoms with Crippen molar-refractivity contribution in [1.29, 1.82) is 0 Å². The van der Waals surface area contributed by atoms with Gasteiger partial charge in [-0.3, -0.25) is 10.2 Å². The summed E-state index contributed by atoms with van der Waals surface area (Å²) in [7, 11) is 2.15. The summed E-state index contributed by atoms with van der Waals surface area (Å²) in [6.45, 7) is 6.41. The SMILES string of the molecule is CCCCN(C)Cc1cccc(C=NNc2nc(CC(=O)OCC)cs2)c1. The molecule has 0 aliphatic rings. The summed E-state index contributed by atoms with van der Waals surface area (Å²) in [5.74, 6) is -0.265. The molecule has 1 aromatic carbocycles. The molecule has 2 aromatic rings. The van der Waals surface area contributed by atoms with Gasteiger partial charge in [0.05, 0.1) is 24.9 Å². The van der Waals surface area contributed by atoms with Crippen LogP contribution >= 0.6 is 11.3 Å². The lowest BCUT2D eigenvalue weighted by Crippen LogP contribution is -2.18. The standard InChI is InChI=1S/C20H28N4O2S/c1-4-6-10-24(3)14-17-9-7-8-16(11-17)13-21-23-20-22-18(15-27-20)12-19(25)26-5-2/h7-9,11,13,15H,4-6,10,12,14H2,1-3H3,(H,22,23). The predicted octanol–water partition coefficient (Wildman–Crippen LogP) is 3.93. The van der Waals surface area contributed by atoms with Crippen molar-refractivity contribution >= 4 is 28.7 Å². The Morgan fingerprint density at radius 2 is 2.26 bits per heavy atom. The van der Waals surface area contributed by atoms with E-state index in [0.29, 0.717) is 17.4 Å². The zero-order valence-electron chi connectivity index (χ0n) is 16.3. The molecular formula is C20H28N4O2S. The molecule has 1 heterocycles. The number of nitrogens with zero attached hydrogens (tertiary/aromatic N) is 3. The van der Waals surface area contributed by atoms with Crippen molar-refractivity contribution in [2.75, 3.05) is 25.6 Å². The largest absolute Gasteiger partial charge is 0.466 e. The summed E-state index contributed by atoms with van der Waals surface area (Å²) in [5, 5.41) is 6.74. The lowest BCUT2D eigenvalue weighted by Gasteiger charge is -2.16. The van der Waals surface area contributed by atoms with Gasteiger partial charge in [0.1, 0.15) is 0 Å². The molecule has 7 heteroatoms. The lowest BCUT2D eigenvalue weighted by molar-refractivity contribution is -0.142. The number of carbonyl (C=O) groups is 1. The zero-order chi connectivity index (χ0) is 19.5. The molecular weight excluding hydrogens is 360 g/mol. The number of hydrogen-bond donors (Lipinski definition) is 1. The van der Waals surface area contributed by atoms with Gasteiger partial charge in [-0.15, -0.1) is 11.3 Å². The van der Waals surface area contributed by atoms with E-state index in [9.17, 15) is 4.79 Å². The van der Waals surface area contributed by atoms with E-state index in [1.54, 1.807) is 13.1 Å². The second-order valence-electron chi connectivity index (χ2n) is 6.33. The van der Waals surface area contributed by atoms with Gasteiger partial charge in [0.2, 0.25) is 5.13 Å². The second kappa shape index (κ2) is 11.5. The van der Waals surface area contributed by atoms with Crippen molar-refractivity contribution in [3.8, 4) is 0 Å². The van der Waals surface area contributed by atoms with Gasteiger partial charge in [-0.1, -0.05) is 31.5 Å². The molecule has 0 amide bonds. The third-order valence-corrected chi connectivity index (χ3v) is 4.65. The summed E-state index contributed by atoms with van der Waals surface area (Å²) in [6.07, 6.45) is 4.39. The third-order valence-electron chi connectivity index (χ3n) is 3.85. The number of unbranched alkanes of at least 4 members (excludes halogenated alkanes) is 1. The number of carbonyl (C=O) groups excluding carboxylic acids is 1. The Morgan fingerprint density at radius 1 is 1.41 bits per heavy atom. The van der Waals surface area contributed by atoms with Gasteiger partial charge in [0, 0.05) is 11.9 Å². The predicted molar refractivity (Wildman–Crippen MR) is 111 cm³/mol. The molecule has 0 spiro atoms. The first-order valence-corrected chi connectivity index (χ1v) is 10.1. The fraction of sp³-hybridized carbons (Fsp3) is 0.450. The van der Waals surface area contributed by atoms with Gasteiger partial charge in [-0.2, -0.15) is 5.10 Å².